The number of rotatable bonds is 7. The predicted octanol–water partition coefficient (Wildman–Crippen LogP) is 2.07. The summed E-state index contributed by atoms with van der Waals surface area (Å²) >= 11 is 0. The fraction of sp³-hybridized carbons (Fsp3) is 0.500. The molecule has 22 heavy (non-hydrogen) atoms. The molecule has 1 rings (SSSR count). The quantitative estimate of drug-likeness (QED) is 0.596. The van der Waals surface area contributed by atoms with Crippen molar-refractivity contribution in [1.29, 1.82) is 0 Å². The van der Waals surface area contributed by atoms with E-state index >= 15 is 0 Å². The first-order valence-electron chi connectivity index (χ1n) is 6.64. The van der Waals surface area contributed by atoms with Crippen molar-refractivity contribution < 1.29 is 22.6 Å². The van der Waals surface area contributed by atoms with E-state index in [1.165, 1.54) is 12.1 Å². The Morgan fingerprint density at radius 2 is 2.14 bits per heavy atom. The summed E-state index contributed by atoms with van der Waals surface area (Å²) in [6, 6.07) is 6.31. The summed E-state index contributed by atoms with van der Waals surface area (Å²) in [7, 11) is 1.58. The van der Waals surface area contributed by atoms with Crippen molar-refractivity contribution in [2.75, 3.05) is 20.3 Å². The van der Waals surface area contributed by atoms with Crippen LogP contribution in [0.1, 0.15) is 12.5 Å². The van der Waals surface area contributed by atoms with Gasteiger partial charge in [0.05, 0.1) is 13.2 Å². The molecule has 3 N–H and O–H groups in total. The highest BCUT2D eigenvalue weighted by Crippen LogP contribution is 2.19. The number of hydrogen-bond donors (Lipinski definition) is 2. The summed E-state index contributed by atoms with van der Waals surface area (Å²) in [5.41, 5.74) is 6.41. The Labute approximate surface area is 127 Å². The second-order valence-corrected chi connectivity index (χ2v) is 4.75. The normalized spacial score (nSPS) is 13.8. The molecule has 5 nitrogen and oxygen atoms in total. The first kappa shape index (κ1) is 18.1. The molecule has 0 heterocycles. The molecule has 0 radical (unpaired) electrons. The molecule has 0 aromatic heterocycles. The van der Waals surface area contributed by atoms with E-state index in [9.17, 15) is 13.2 Å². The number of nitrogens with one attached hydrogen (secondary N) is 1. The lowest BCUT2D eigenvalue weighted by Crippen LogP contribution is -2.40. The van der Waals surface area contributed by atoms with Crippen molar-refractivity contribution in [3.05, 3.63) is 29.8 Å². The summed E-state index contributed by atoms with van der Waals surface area (Å²) in [6.07, 6.45) is -4.36. The molecule has 0 spiro atoms. The molecule has 1 unspecified atom stereocenters. The molecule has 0 saturated heterocycles. The third-order valence-corrected chi connectivity index (χ3v) is 2.54. The first-order chi connectivity index (χ1) is 10.3. The summed E-state index contributed by atoms with van der Waals surface area (Å²) in [6.45, 7) is 1.29. The zero-order valence-corrected chi connectivity index (χ0v) is 12.5. The SMILES string of the molecule is COCC(C)NC(N)=NCc1cccc(OCC(F)(F)F)c1. The van der Waals surface area contributed by atoms with Crippen molar-refractivity contribution in [3.63, 3.8) is 0 Å². The van der Waals surface area contributed by atoms with Crippen molar-refractivity contribution in [2.24, 2.45) is 10.7 Å². The molecule has 0 fully saturated rings. The van der Waals surface area contributed by atoms with E-state index in [1.807, 2.05) is 6.92 Å². The Balaban J connectivity index is 2.55. The minimum Gasteiger partial charge on any atom is -0.484 e. The van der Waals surface area contributed by atoms with E-state index in [4.69, 9.17) is 10.5 Å². The zero-order valence-electron chi connectivity index (χ0n) is 12.5. The second kappa shape index (κ2) is 8.47. The van der Waals surface area contributed by atoms with Gasteiger partial charge in [0.2, 0.25) is 0 Å². The lowest BCUT2D eigenvalue weighted by Gasteiger charge is -2.13. The van der Waals surface area contributed by atoms with E-state index in [0.29, 0.717) is 12.2 Å². The topological polar surface area (TPSA) is 68.9 Å². The number of alkyl halides is 3. The van der Waals surface area contributed by atoms with Gasteiger partial charge in [0.25, 0.3) is 0 Å². The second-order valence-electron chi connectivity index (χ2n) is 4.75. The molecule has 0 aliphatic rings. The van der Waals surface area contributed by atoms with Gasteiger partial charge in [-0.15, -0.1) is 0 Å². The zero-order chi connectivity index (χ0) is 16.6. The van der Waals surface area contributed by atoms with Crippen molar-refractivity contribution >= 4 is 5.96 Å². The molecular weight excluding hydrogens is 299 g/mol. The standard InChI is InChI=1S/C14H20F3N3O2/c1-10(8-21-2)20-13(18)19-7-11-4-3-5-12(6-11)22-9-14(15,16)17/h3-6,10H,7-9H2,1-2H3,(H3,18,19,20). The molecule has 0 bridgehead atoms. The molecule has 0 aliphatic carbocycles. The summed E-state index contributed by atoms with van der Waals surface area (Å²) in [5.74, 6) is 0.385. The van der Waals surface area contributed by atoms with Crippen molar-refractivity contribution in [3.8, 4) is 5.75 Å². The maximum absolute atomic E-state index is 12.1. The number of nitrogens with two attached hydrogens (primary N) is 1. The third kappa shape index (κ3) is 7.72. The van der Waals surface area contributed by atoms with E-state index in [2.05, 4.69) is 15.0 Å². The Morgan fingerprint density at radius 1 is 1.41 bits per heavy atom. The molecule has 1 aromatic carbocycles. The summed E-state index contributed by atoms with van der Waals surface area (Å²) in [4.78, 5) is 4.12. The summed E-state index contributed by atoms with van der Waals surface area (Å²) in [5, 5.41) is 2.93. The van der Waals surface area contributed by atoms with Crippen LogP contribution in [0.2, 0.25) is 0 Å². The molecule has 0 amide bonds. The van der Waals surface area contributed by atoms with E-state index < -0.39 is 12.8 Å². The van der Waals surface area contributed by atoms with Gasteiger partial charge in [-0.1, -0.05) is 12.1 Å². The molecule has 1 atom stereocenters. The highest BCUT2D eigenvalue weighted by Gasteiger charge is 2.28. The summed E-state index contributed by atoms with van der Waals surface area (Å²) < 4.78 is 45.9. The average molecular weight is 319 g/mol. The fourth-order valence-corrected chi connectivity index (χ4v) is 1.67. The fourth-order valence-electron chi connectivity index (χ4n) is 1.67. The Bertz CT molecular complexity index is 492. The van der Waals surface area contributed by atoms with Crippen LogP contribution in [-0.2, 0) is 11.3 Å². The van der Waals surface area contributed by atoms with Gasteiger partial charge in [0, 0.05) is 13.2 Å². The number of aliphatic imine (C=N–C) groups is 1. The first-order valence-corrected chi connectivity index (χ1v) is 6.64. The van der Waals surface area contributed by atoms with Crippen LogP contribution in [0.5, 0.6) is 5.75 Å². The van der Waals surface area contributed by atoms with Crippen LogP contribution >= 0.6 is 0 Å². The minimum atomic E-state index is -4.36. The van der Waals surface area contributed by atoms with Gasteiger partial charge in [-0.3, -0.25) is 0 Å². The predicted molar refractivity (Wildman–Crippen MR) is 77.8 cm³/mol. The van der Waals surface area contributed by atoms with Gasteiger partial charge in [0.15, 0.2) is 12.6 Å². The molecule has 8 heteroatoms. The number of guanidine groups is 1. The Hall–Kier alpha value is -1.96. The van der Waals surface area contributed by atoms with Gasteiger partial charge in [-0.05, 0) is 24.6 Å². The van der Waals surface area contributed by atoms with Crippen LogP contribution in [0.15, 0.2) is 29.3 Å². The number of hydrogen-bond acceptors (Lipinski definition) is 3. The molecule has 0 saturated carbocycles. The van der Waals surface area contributed by atoms with Crippen LogP contribution < -0.4 is 15.8 Å². The van der Waals surface area contributed by atoms with Crippen LogP contribution in [0, 0.1) is 0 Å². The van der Waals surface area contributed by atoms with Crippen LogP contribution in [-0.4, -0.2) is 38.5 Å². The number of nitrogens with zero attached hydrogens (tertiary/aromatic N) is 1. The maximum atomic E-state index is 12.1. The number of halogens is 3. The Kier molecular flexibility index (Phi) is 6.97. The van der Waals surface area contributed by atoms with Gasteiger partial charge in [-0.2, -0.15) is 13.2 Å². The monoisotopic (exact) mass is 319 g/mol. The maximum Gasteiger partial charge on any atom is 0.422 e. The Morgan fingerprint density at radius 3 is 2.77 bits per heavy atom. The molecule has 0 aliphatic heterocycles. The molecule has 124 valence electrons. The van der Waals surface area contributed by atoms with Crippen molar-refractivity contribution in [2.45, 2.75) is 25.7 Å². The molecule has 1 aromatic rings. The average Bonchev–Trinajstić information content (AvgIpc) is 2.43. The van der Waals surface area contributed by atoms with Crippen LogP contribution in [0.25, 0.3) is 0 Å². The smallest absolute Gasteiger partial charge is 0.422 e. The van der Waals surface area contributed by atoms with Crippen molar-refractivity contribution in [1.82, 2.24) is 5.32 Å². The van der Waals surface area contributed by atoms with Gasteiger partial charge >= 0.3 is 6.18 Å². The van der Waals surface area contributed by atoms with Crippen LogP contribution in [0.3, 0.4) is 0 Å². The van der Waals surface area contributed by atoms with Gasteiger partial charge in [0.1, 0.15) is 5.75 Å². The number of methoxy groups -OCH3 is 1. The highest BCUT2D eigenvalue weighted by molar-refractivity contribution is 5.78. The highest BCUT2D eigenvalue weighted by atomic mass is 19.4. The number of benzene rings is 1. The lowest BCUT2D eigenvalue weighted by atomic mass is 10.2. The van der Waals surface area contributed by atoms with Gasteiger partial charge < -0.3 is 20.5 Å². The van der Waals surface area contributed by atoms with E-state index in [1.54, 1.807) is 19.2 Å². The lowest BCUT2D eigenvalue weighted by molar-refractivity contribution is -0.153. The molecular formula is C14H20F3N3O2. The van der Waals surface area contributed by atoms with Crippen LogP contribution in [0.4, 0.5) is 13.2 Å². The van der Waals surface area contributed by atoms with E-state index in [0.717, 1.165) is 0 Å². The minimum absolute atomic E-state index is 0.00945. The van der Waals surface area contributed by atoms with E-state index in [-0.39, 0.29) is 24.3 Å². The third-order valence-electron chi connectivity index (χ3n) is 2.54. The largest absolute Gasteiger partial charge is 0.484 e. The number of ether oxygens (including phenoxy) is 2. The van der Waals surface area contributed by atoms with Gasteiger partial charge in [-0.25, -0.2) is 4.99 Å².